The number of rotatable bonds is 6. The maximum absolute atomic E-state index is 11.9. The van der Waals surface area contributed by atoms with Gasteiger partial charge in [0.1, 0.15) is 0 Å². The predicted octanol–water partition coefficient (Wildman–Crippen LogP) is 2.85. The lowest BCUT2D eigenvalue weighted by molar-refractivity contribution is 0.0937. The van der Waals surface area contributed by atoms with Crippen molar-refractivity contribution in [1.82, 2.24) is 10.3 Å². The van der Waals surface area contributed by atoms with Gasteiger partial charge < -0.3 is 15.4 Å². The summed E-state index contributed by atoms with van der Waals surface area (Å²) in [5.74, 6) is -0.192. The first-order chi connectivity index (χ1) is 10.2. The molecule has 21 heavy (non-hydrogen) atoms. The van der Waals surface area contributed by atoms with Gasteiger partial charge in [-0.15, -0.1) is 0 Å². The summed E-state index contributed by atoms with van der Waals surface area (Å²) in [6.45, 7) is 0.925. The number of benzene rings is 1. The summed E-state index contributed by atoms with van der Waals surface area (Å²) in [7, 11) is 1.59. The Labute approximate surface area is 128 Å². The molecule has 0 saturated heterocycles. The Morgan fingerprint density at radius 1 is 1.33 bits per heavy atom. The third-order valence-electron chi connectivity index (χ3n) is 2.75. The summed E-state index contributed by atoms with van der Waals surface area (Å²) in [4.78, 5) is 16.0. The zero-order chi connectivity index (χ0) is 15.1. The van der Waals surface area contributed by atoms with E-state index in [9.17, 15) is 4.79 Å². The van der Waals surface area contributed by atoms with Gasteiger partial charge in [0.05, 0.1) is 34.8 Å². The number of nitrogens with one attached hydrogen (secondary N) is 2. The number of ether oxygens (including phenoxy) is 1. The Kier molecular flexibility index (Phi) is 5.54. The fraction of sp³-hybridized carbons (Fsp3) is 0.200. The van der Waals surface area contributed by atoms with Crippen LogP contribution in [-0.4, -0.2) is 31.2 Å². The summed E-state index contributed by atoms with van der Waals surface area (Å²) >= 11 is 6.08. The van der Waals surface area contributed by atoms with Crippen molar-refractivity contribution < 1.29 is 9.53 Å². The molecule has 2 N–H and O–H groups in total. The third-order valence-corrected chi connectivity index (χ3v) is 3.07. The average Bonchev–Trinajstić information content (AvgIpc) is 2.50. The van der Waals surface area contributed by atoms with Crippen LogP contribution in [0.1, 0.15) is 10.4 Å². The van der Waals surface area contributed by atoms with E-state index in [0.29, 0.717) is 29.4 Å². The number of nitrogens with zero attached hydrogens (tertiary/aromatic N) is 1. The van der Waals surface area contributed by atoms with E-state index in [1.54, 1.807) is 25.4 Å². The van der Waals surface area contributed by atoms with Gasteiger partial charge in [-0.25, -0.2) is 0 Å². The van der Waals surface area contributed by atoms with Crippen molar-refractivity contribution in [3.05, 3.63) is 53.3 Å². The molecule has 0 unspecified atom stereocenters. The van der Waals surface area contributed by atoms with Crippen LogP contribution >= 0.6 is 11.6 Å². The van der Waals surface area contributed by atoms with E-state index in [-0.39, 0.29) is 5.91 Å². The molecule has 0 aliphatic rings. The van der Waals surface area contributed by atoms with Crippen LogP contribution in [0.4, 0.5) is 11.4 Å². The van der Waals surface area contributed by atoms with E-state index in [0.717, 1.165) is 5.69 Å². The quantitative estimate of drug-likeness (QED) is 0.806. The van der Waals surface area contributed by atoms with Crippen molar-refractivity contribution in [3.8, 4) is 0 Å². The number of amides is 1. The minimum atomic E-state index is -0.192. The molecule has 1 aromatic heterocycles. The lowest BCUT2D eigenvalue weighted by Gasteiger charge is -2.09. The first kappa shape index (κ1) is 15.3. The van der Waals surface area contributed by atoms with Gasteiger partial charge in [-0.1, -0.05) is 23.7 Å². The van der Waals surface area contributed by atoms with E-state index >= 15 is 0 Å². The van der Waals surface area contributed by atoms with Gasteiger partial charge in [0.25, 0.3) is 5.91 Å². The SMILES string of the molecule is COCCNC(=O)c1cncc(Nc2ccccc2Cl)c1. The second-order valence-corrected chi connectivity index (χ2v) is 4.72. The molecular weight excluding hydrogens is 290 g/mol. The first-order valence-electron chi connectivity index (χ1n) is 6.44. The molecule has 0 fully saturated rings. The number of hydrogen-bond acceptors (Lipinski definition) is 4. The van der Waals surface area contributed by atoms with Crippen LogP contribution < -0.4 is 10.6 Å². The Bertz CT molecular complexity index is 619. The smallest absolute Gasteiger partial charge is 0.253 e. The number of methoxy groups -OCH3 is 1. The lowest BCUT2D eigenvalue weighted by atomic mass is 10.2. The Balaban J connectivity index is 2.07. The largest absolute Gasteiger partial charge is 0.383 e. The summed E-state index contributed by atoms with van der Waals surface area (Å²) in [6, 6.07) is 9.10. The van der Waals surface area contributed by atoms with Crippen molar-refractivity contribution in [2.24, 2.45) is 0 Å². The van der Waals surface area contributed by atoms with Crippen LogP contribution in [0.3, 0.4) is 0 Å². The van der Waals surface area contributed by atoms with E-state index in [2.05, 4.69) is 15.6 Å². The Morgan fingerprint density at radius 2 is 2.14 bits per heavy atom. The first-order valence-corrected chi connectivity index (χ1v) is 6.82. The molecule has 1 amide bonds. The van der Waals surface area contributed by atoms with Crippen LogP contribution in [0.15, 0.2) is 42.7 Å². The number of para-hydroxylation sites is 1. The number of anilines is 2. The Morgan fingerprint density at radius 3 is 2.90 bits per heavy atom. The predicted molar refractivity (Wildman–Crippen MR) is 83.2 cm³/mol. The fourth-order valence-electron chi connectivity index (χ4n) is 1.72. The summed E-state index contributed by atoms with van der Waals surface area (Å²) in [5, 5.41) is 6.48. The molecule has 0 radical (unpaired) electrons. The highest BCUT2D eigenvalue weighted by atomic mass is 35.5. The van der Waals surface area contributed by atoms with Crippen molar-refractivity contribution in [2.75, 3.05) is 25.6 Å². The molecule has 5 nitrogen and oxygen atoms in total. The van der Waals surface area contributed by atoms with Gasteiger partial charge in [-0.2, -0.15) is 0 Å². The molecule has 0 aliphatic carbocycles. The molecule has 110 valence electrons. The minimum absolute atomic E-state index is 0.192. The van der Waals surface area contributed by atoms with E-state index < -0.39 is 0 Å². The monoisotopic (exact) mass is 305 g/mol. The van der Waals surface area contributed by atoms with Crippen molar-refractivity contribution >= 4 is 28.9 Å². The number of aromatic nitrogens is 1. The third kappa shape index (κ3) is 4.44. The summed E-state index contributed by atoms with van der Waals surface area (Å²) < 4.78 is 4.89. The molecule has 0 bridgehead atoms. The second-order valence-electron chi connectivity index (χ2n) is 4.32. The van der Waals surface area contributed by atoms with E-state index in [1.807, 2.05) is 18.2 Å². The molecule has 2 rings (SSSR count). The molecule has 1 heterocycles. The van der Waals surface area contributed by atoms with Crippen LogP contribution in [0.5, 0.6) is 0 Å². The zero-order valence-electron chi connectivity index (χ0n) is 11.6. The fourth-order valence-corrected chi connectivity index (χ4v) is 1.90. The van der Waals surface area contributed by atoms with E-state index in [4.69, 9.17) is 16.3 Å². The second kappa shape index (κ2) is 7.61. The Hall–Kier alpha value is -2.11. The molecular formula is C15H16ClN3O2. The average molecular weight is 306 g/mol. The number of halogens is 1. The van der Waals surface area contributed by atoms with E-state index in [1.165, 1.54) is 6.20 Å². The van der Waals surface area contributed by atoms with Crippen LogP contribution in [0.2, 0.25) is 5.02 Å². The van der Waals surface area contributed by atoms with Gasteiger partial charge >= 0.3 is 0 Å². The lowest BCUT2D eigenvalue weighted by Crippen LogP contribution is -2.27. The standard InChI is InChI=1S/C15H16ClN3O2/c1-21-7-6-18-15(20)11-8-12(10-17-9-11)19-14-5-3-2-4-13(14)16/h2-5,8-10,19H,6-7H2,1H3,(H,18,20). The number of carbonyl (C=O) groups is 1. The van der Waals surface area contributed by atoms with Gasteiger partial charge in [-0.3, -0.25) is 9.78 Å². The minimum Gasteiger partial charge on any atom is -0.383 e. The normalized spacial score (nSPS) is 10.2. The molecule has 0 atom stereocenters. The zero-order valence-corrected chi connectivity index (χ0v) is 12.4. The van der Waals surface area contributed by atoms with Gasteiger partial charge in [0, 0.05) is 19.9 Å². The highest BCUT2D eigenvalue weighted by molar-refractivity contribution is 6.33. The number of carbonyl (C=O) groups excluding carboxylic acids is 1. The summed E-state index contributed by atoms with van der Waals surface area (Å²) in [6.07, 6.45) is 3.15. The van der Waals surface area contributed by atoms with Crippen LogP contribution in [0, 0.1) is 0 Å². The highest BCUT2D eigenvalue weighted by Gasteiger charge is 2.07. The number of hydrogen-bond donors (Lipinski definition) is 2. The number of pyridine rings is 1. The summed E-state index contributed by atoms with van der Waals surface area (Å²) in [5.41, 5.74) is 1.93. The maximum Gasteiger partial charge on any atom is 0.253 e. The van der Waals surface area contributed by atoms with Gasteiger partial charge in [0.2, 0.25) is 0 Å². The van der Waals surface area contributed by atoms with Crippen molar-refractivity contribution in [2.45, 2.75) is 0 Å². The van der Waals surface area contributed by atoms with Crippen LogP contribution in [-0.2, 0) is 4.74 Å². The molecule has 6 heteroatoms. The van der Waals surface area contributed by atoms with Gasteiger partial charge in [-0.05, 0) is 18.2 Å². The molecule has 0 aliphatic heterocycles. The molecule has 2 aromatic rings. The van der Waals surface area contributed by atoms with Crippen molar-refractivity contribution in [3.63, 3.8) is 0 Å². The molecule has 0 saturated carbocycles. The molecule has 0 spiro atoms. The van der Waals surface area contributed by atoms with Gasteiger partial charge in [0.15, 0.2) is 0 Å². The maximum atomic E-state index is 11.9. The topological polar surface area (TPSA) is 63.2 Å². The van der Waals surface area contributed by atoms with Crippen LogP contribution in [0.25, 0.3) is 0 Å². The van der Waals surface area contributed by atoms with Crippen molar-refractivity contribution in [1.29, 1.82) is 0 Å². The molecule has 1 aromatic carbocycles. The highest BCUT2D eigenvalue weighted by Crippen LogP contribution is 2.24.